The quantitative estimate of drug-likeness (QED) is 0.835. The van der Waals surface area contributed by atoms with Gasteiger partial charge < -0.3 is 10.2 Å². The second-order valence-corrected chi connectivity index (χ2v) is 8.02. The van der Waals surface area contributed by atoms with Gasteiger partial charge in [0.2, 0.25) is 0 Å². The van der Waals surface area contributed by atoms with Gasteiger partial charge in [-0.25, -0.2) is 0 Å². The number of hydrogen-bond donors (Lipinski definition) is 2. The molecule has 1 fully saturated rings. The van der Waals surface area contributed by atoms with Crippen LogP contribution < -0.4 is 10.2 Å². The second kappa shape index (κ2) is 7.46. The minimum absolute atomic E-state index is 0.0571. The lowest BCUT2D eigenvalue weighted by Gasteiger charge is -2.29. The van der Waals surface area contributed by atoms with Crippen LogP contribution >= 0.6 is 11.3 Å². The van der Waals surface area contributed by atoms with Crippen LogP contribution in [-0.4, -0.2) is 25.0 Å². The molecule has 1 aromatic rings. The first kappa shape index (κ1) is 16.5. The van der Waals surface area contributed by atoms with Gasteiger partial charge in [-0.2, -0.15) is 5.26 Å². The van der Waals surface area contributed by atoms with Gasteiger partial charge in [0.1, 0.15) is 11.1 Å². The molecule has 0 aromatic carbocycles. The van der Waals surface area contributed by atoms with Crippen LogP contribution in [0.15, 0.2) is 0 Å². The van der Waals surface area contributed by atoms with Crippen molar-refractivity contribution in [2.45, 2.75) is 64.3 Å². The maximum Gasteiger partial charge on any atom is 0.280 e. The highest BCUT2D eigenvalue weighted by Crippen LogP contribution is 2.36. The molecule has 4 nitrogen and oxygen atoms in total. The SMILES string of the molecule is C[C@H]1CCCC[NH+]1CC(=O)Nc1sc2c(c1C#N)CCCCC2. The number of nitrogens with zero attached hydrogens (tertiary/aromatic N) is 1. The van der Waals surface area contributed by atoms with Crippen molar-refractivity contribution >= 4 is 22.2 Å². The topological polar surface area (TPSA) is 57.3 Å². The number of hydrogen-bond acceptors (Lipinski definition) is 3. The summed E-state index contributed by atoms with van der Waals surface area (Å²) >= 11 is 1.63. The number of amides is 1. The lowest BCUT2D eigenvalue weighted by atomic mass is 10.0. The molecule has 2 aliphatic rings. The molecule has 0 bridgehead atoms. The molecule has 1 aliphatic carbocycles. The number of quaternary nitrogens is 1. The van der Waals surface area contributed by atoms with E-state index in [2.05, 4.69) is 18.3 Å². The van der Waals surface area contributed by atoms with Gasteiger partial charge in [-0.3, -0.25) is 4.79 Å². The van der Waals surface area contributed by atoms with Crippen LogP contribution in [-0.2, 0) is 17.6 Å². The molecule has 1 aromatic heterocycles. The number of aryl methyl sites for hydroxylation is 1. The molecule has 2 N–H and O–H groups in total. The summed E-state index contributed by atoms with van der Waals surface area (Å²) in [5.74, 6) is 0.0571. The fourth-order valence-electron chi connectivity index (χ4n) is 3.84. The largest absolute Gasteiger partial charge is 0.325 e. The average molecular weight is 332 g/mol. The molecule has 0 saturated carbocycles. The summed E-state index contributed by atoms with van der Waals surface area (Å²) in [6, 6.07) is 2.90. The summed E-state index contributed by atoms with van der Waals surface area (Å²) in [5, 5.41) is 13.4. The van der Waals surface area contributed by atoms with Crippen LogP contribution in [0.4, 0.5) is 5.00 Å². The van der Waals surface area contributed by atoms with Gasteiger partial charge in [0.15, 0.2) is 6.54 Å². The average Bonchev–Trinajstić information content (AvgIpc) is 2.69. The molecule has 1 unspecified atom stereocenters. The molecule has 1 saturated heterocycles. The molecule has 5 heteroatoms. The summed E-state index contributed by atoms with van der Waals surface area (Å²) < 4.78 is 0. The number of nitriles is 1. The monoisotopic (exact) mass is 332 g/mol. The second-order valence-electron chi connectivity index (χ2n) is 6.91. The Kier molecular flexibility index (Phi) is 5.34. The number of fused-ring (bicyclic) bond motifs is 1. The number of carbonyl (C=O) groups is 1. The normalized spacial score (nSPS) is 24.3. The van der Waals surface area contributed by atoms with Crippen LogP contribution in [0, 0.1) is 11.3 Å². The van der Waals surface area contributed by atoms with Gasteiger partial charge in [-0.15, -0.1) is 11.3 Å². The lowest BCUT2D eigenvalue weighted by molar-refractivity contribution is -0.920. The summed E-state index contributed by atoms with van der Waals surface area (Å²) in [6.07, 6.45) is 9.33. The van der Waals surface area contributed by atoms with Gasteiger partial charge in [0, 0.05) is 4.88 Å². The highest BCUT2D eigenvalue weighted by molar-refractivity contribution is 7.16. The van der Waals surface area contributed by atoms with Crippen molar-refractivity contribution in [1.29, 1.82) is 5.26 Å². The number of anilines is 1. The first-order valence-corrected chi connectivity index (χ1v) is 9.69. The van der Waals surface area contributed by atoms with Crippen LogP contribution in [0.3, 0.4) is 0 Å². The van der Waals surface area contributed by atoms with Gasteiger partial charge in [0.25, 0.3) is 5.91 Å². The Bertz CT molecular complexity index is 617. The van der Waals surface area contributed by atoms with E-state index in [1.807, 2.05) is 0 Å². The Morgan fingerprint density at radius 2 is 2.13 bits per heavy atom. The third-order valence-electron chi connectivity index (χ3n) is 5.26. The van der Waals surface area contributed by atoms with Gasteiger partial charge >= 0.3 is 0 Å². The van der Waals surface area contributed by atoms with Crippen molar-refractivity contribution in [2.24, 2.45) is 0 Å². The first-order chi connectivity index (χ1) is 11.2. The summed E-state index contributed by atoms with van der Waals surface area (Å²) in [4.78, 5) is 15.1. The fourth-order valence-corrected chi connectivity index (χ4v) is 5.10. The molecule has 0 radical (unpaired) electrons. The van der Waals surface area contributed by atoms with E-state index in [-0.39, 0.29) is 5.91 Å². The van der Waals surface area contributed by atoms with Crippen molar-refractivity contribution in [1.82, 2.24) is 0 Å². The Labute approximate surface area is 142 Å². The van der Waals surface area contributed by atoms with E-state index in [1.54, 1.807) is 11.3 Å². The van der Waals surface area contributed by atoms with E-state index in [0.29, 0.717) is 12.6 Å². The predicted molar refractivity (Wildman–Crippen MR) is 92.9 cm³/mol. The summed E-state index contributed by atoms with van der Waals surface area (Å²) in [6.45, 7) is 3.84. The van der Waals surface area contributed by atoms with Gasteiger partial charge in [0.05, 0.1) is 18.2 Å². The zero-order valence-corrected chi connectivity index (χ0v) is 14.7. The Hall–Kier alpha value is -1.38. The van der Waals surface area contributed by atoms with Crippen molar-refractivity contribution in [2.75, 3.05) is 18.4 Å². The van der Waals surface area contributed by atoms with Crippen LogP contribution in [0.5, 0.6) is 0 Å². The molecule has 3 rings (SSSR count). The molecule has 23 heavy (non-hydrogen) atoms. The van der Waals surface area contributed by atoms with Crippen LogP contribution in [0.25, 0.3) is 0 Å². The van der Waals surface area contributed by atoms with Crippen LogP contribution in [0.1, 0.15) is 61.5 Å². The molecule has 124 valence electrons. The molecular weight excluding hydrogens is 306 g/mol. The molecule has 2 heterocycles. The number of nitrogens with one attached hydrogen (secondary N) is 2. The smallest absolute Gasteiger partial charge is 0.280 e. The fraction of sp³-hybridized carbons (Fsp3) is 0.667. The van der Waals surface area contributed by atoms with E-state index in [4.69, 9.17) is 0 Å². The molecule has 2 atom stereocenters. The minimum Gasteiger partial charge on any atom is -0.325 e. The highest BCUT2D eigenvalue weighted by Gasteiger charge is 2.26. The molecular formula is C18H26N3OS+. The maximum atomic E-state index is 12.4. The third-order valence-corrected chi connectivity index (χ3v) is 6.46. The number of rotatable bonds is 3. The first-order valence-electron chi connectivity index (χ1n) is 8.88. The summed E-state index contributed by atoms with van der Waals surface area (Å²) in [7, 11) is 0. The summed E-state index contributed by atoms with van der Waals surface area (Å²) in [5.41, 5.74) is 1.92. The van der Waals surface area contributed by atoms with Gasteiger partial charge in [-0.1, -0.05) is 6.42 Å². The number of carbonyl (C=O) groups excluding carboxylic acids is 1. The minimum atomic E-state index is 0.0571. The standard InChI is InChI=1S/C18H25N3OS/c1-13-7-5-6-10-21(13)12-17(22)20-18-15(11-19)14-8-3-2-4-9-16(14)23-18/h13H,2-10,12H2,1H3,(H,20,22)/p+1/t13-/m0/s1. The number of thiophene rings is 1. The molecule has 0 spiro atoms. The van der Waals surface area contributed by atoms with Crippen LogP contribution in [0.2, 0.25) is 0 Å². The Morgan fingerprint density at radius 3 is 2.91 bits per heavy atom. The van der Waals surface area contributed by atoms with E-state index in [1.165, 1.54) is 47.4 Å². The molecule has 1 amide bonds. The number of piperidine rings is 1. The predicted octanol–water partition coefficient (Wildman–Crippen LogP) is 2.28. The van der Waals surface area contributed by atoms with Crippen molar-refractivity contribution in [3.05, 3.63) is 16.0 Å². The maximum absolute atomic E-state index is 12.4. The van der Waals surface area contributed by atoms with E-state index >= 15 is 0 Å². The van der Waals surface area contributed by atoms with Crippen molar-refractivity contribution in [3.63, 3.8) is 0 Å². The van der Waals surface area contributed by atoms with E-state index < -0.39 is 0 Å². The van der Waals surface area contributed by atoms with Crippen molar-refractivity contribution < 1.29 is 9.69 Å². The zero-order valence-electron chi connectivity index (χ0n) is 13.9. The highest BCUT2D eigenvalue weighted by atomic mass is 32.1. The van der Waals surface area contributed by atoms with Gasteiger partial charge in [-0.05, 0) is 57.4 Å². The van der Waals surface area contributed by atoms with E-state index in [9.17, 15) is 10.1 Å². The zero-order chi connectivity index (χ0) is 16.2. The Morgan fingerprint density at radius 1 is 1.30 bits per heavy atom. The Balaban J connectivity index is 1.70. The van der Waals surface area contributed by atoms with Crippen molar-refractivity contribution in [3.8, 4) is 6.07 Å². The lowest BCUT2D eigenvalue weighted by Crippen LogP contribution is -3.17. The molecule has 1 aliphatic heterocycles. The number of likely N-dealkylation sites (tertiary alicyclic amines) is 1. The van der Waals surface area contributed by atoms with E-state index in [0.717, 1.165) is 36.4 Å². The third kappa shape index (κ3) is 3.76.